The molecule has 0 aliphatic carbocycles. The molecule has 1 unspecified atom stereocenters. The largest absolute Gasteiger partial charge is 0.252 e. The predicted octanol–water partition coefficient (Wildman–Crippen LogP) is 2.37. The minimum atomic E-state index is 0.264. The summed E-state index contributed by atoms with van der Waals surface area (Å²) in [5, 5.41) is 12.7. The molecule has 0 saturated heterocycles. The Morgan fingerprint density at radius 1 is 1.53 bits per heavy atom. The molecule has 0 fully saturated rings. The zero-order valence-electron chi connectivity index (χ0n) is 9.48. The van der Waals surface area contributed by atoms with Crippen molar-refractivity contribution in [2.45, 2.75) is 46.1 Å². The maximum atomic E-state index is 8.60. The highest BCUT2D eigenvalue weighted by Gasteiger charge is 2.08. The molecule has 1 aromatic heterocycles. The molecule has 0 aliphatic rings. The van der Waals surface area contributed by atoms with Gasteiger partial charge >= 0.3 is 0 Å². The Balaban J connectivity index is 2.47. The quantitative estimate of drug-likeness (QED) is 0.718. The van der Waals surface area contributed by atoms with Crippen LogP contribution in [0.3, 0.4) is 0 Å². The first-order valence-electron chi connectivity index (χ1n) is 5.59. The van der Waals surface area contributed by atoms with Gasteiger partial charge in [0.15, 0.2) is 0 Å². The van der Waals surface area contributed by atoms with Crippen molar-refractivity contribution in [1.82, 2.24) is 14.8 Å². The molecule has 82 valence electrons. The van der Waals surface area contributed by atoms with E-state index >= 15 is 0 Å². The lowest BCUT2D eigenvalue weighted by Crippen LogP contribution is -2.10. The lowest BCUT2D eigenvalue weighted by Gasteiger charge is -2.13. The first kappa shape index (κ1) is 11.7. The van der Waals surface area contributed by atoms with Gasteiger partial charge in [-0.15, -0.1) is 5.10 Å². The van der Waals surface area contributed by atoms with Crippen LogP contribution in [-0.4, -0.2) is 14.8 Å². The summed E-state index contributed by atoms with van der Waals surface area (Å²) in [5.41, 5.74) is 0. The number of hydrogen-bond donors (Lipinski definition) is 0. The molecule has 0 bridgehead atoms. The first-order valence-corrected chi connectivity index (χ1v) is 5.59. The van der Waals surface area contributed by atoms with Crippen molar-refractivity contribution >= 4 is 0 Å². The zero-order valence-corrected chi connectivity index (χ0v) is 9.48. The summed E-state index contributed by atoms with van der Waals surface area (Å²) in [4.78, 5) is 3.89. The summed E-state index contributed by atoms with van der Waals surface area (Å²) >= 11 is 0. The smallest absolute Gasteiger partial charge is 0.251 e. The number of nitrogens with zero attached hydrogens (tertiary/aromatic N) is 4. The van der Waals surface area contributed by atoms with Gasteiger partial charge in [0, 0.05) is 6.54 Å². The van der Waals surface area contributed by atoms with Crippen molar-refractivity contribution in [3.8, 4) is 6.07 Å². The van der Waals surface area contributed by atoms with Crippen LogP contribution in [0.15, 0.2) is 6.33 Å². The molecule has 1 heterocycles. The number of nitriles is 1. The minimum absolute atomic E-state index is 0.264. The predicted molar refractivity (Wildman–Crippen MR) is 58.0 cm³/mol. The third-order valence-electron chi connectivity index (χ3n) is 2.63. The van der Waals surface area contributed by atoms with E-state index in [1.54, 1.807) is 11.0 Å². The molecule has 1 rings (SSSR count). The van der Waals surface area contributed by atoms with Crippen molar-refractivity contribution in [3.63, 3.8) is 0 Å². The van der Waals surface area contributed by atoms with E-state index in [0.29, 0.717) is 5.92 Å². The first-order chi connectivity index (χ1) is 7.30. The molecule has 1 atom stereocenters. The summed E-state index contributed by atoms with van der Waals surface area (Å²) in [7, 11) is 0. The van der Waals surface area contributed by atoms with E-state index in [0.717, 1.165) is 13.0 Å². The molecule has 0 spiro atoms. The molecule has 4 heteroatoms. The molecule has 4 nitrogen and oxygen atoms in total. The van der Waals surface area contributed by atoms with Gasteiger partial charge in [-0.05, 0) is 12.3 Å². The van der Waals surface area contributed by atoms with E-state index in [-0.39, 0.29) is 5.82 Å². The summed E-state index contributed by atoms with van der Waals surface area (Å²) in [6.45, 7) is 5.28. The summed E-state index contributed by atoms with van der Waals surface area (Å²) in [6.07, 6.45) is 6.53. The Morgan fingerprint density at radius 3 is 2.87 bits per heavy atom. The van der Waals surface area contributed by atoms with E-state index in [1.807, 2.05) is 6.07 Å². The van der Waals surface area contributed by atoms with Gasteiger partial charge in [0.25, 0.3) is 5.82 Å². The average Bonchev–Trinajstić information content (AvgIpc) is 2.71. The third-order valence-corrected chi connectivity index (χ3v) is 2.63. The summed E-state index contributed by atoms with van der Waals surface area (Å²) in [5.74, 6) is 0.915. The fraction of sp³-hybridized carbons (Fsp3) is 0.727. The summed E-state index contributed by atoms with van der Waals surface area (Å²) < 4.78 is 1.78. The van der Waals surface area contributed by atoms with E-state index in [9.17, 15) is 0 Å². The molecule has 1 aromatic rings. The summed E-state index contributed by atoms with van der Waals surface area (Å²) in [6, 6.07) is 1.94. The zero-order chi connectivity index (χ0) is 11.1. The second-order valence-corrected chi connectivity index (χ2v) is 3.82. The highest BCUT2D eigenvalue weighted by molar-refractivity contribution is 5.05. The average molecular weight is 206 g/mol. The van der Waals surface area contributed by atoms with Gasteiger partial charge in [-0.25, -0.2) is 4.98 Å². The highest BCUT2D eigenvalue weighted by atomic mass is 15.3. The van der Waals surface area contributed by atoms with E-state index in [2.05, 4.69) is 23.9 Å². The number of unbranched alkanes of at least 4 members (excludes halogenated alkanes) is 1. The number of hydrogen-bond acceptors (Lipinski definition) is 3. The van der Waals surface area contributed by atoms with Crippen LogP contribution in [-0.2, 0) is 6.54 Å². The van der Waals surface area contributed by atoms with Gasteiger partial charge in [-0.2, -0.15) is 5.26 Å². The van der Waals surface area contributed by atoms with Crippen molar-refractivity contribution < 1.29 is 0 Å². The van der Waals surface area contributed by atoms with Crippen molar-refractivity contribution in [2.24, 2.45) is 5.92 Å². The SMILES string of the molecule is CCCCC(CC)Cn1cnc(C#N)n1. The molecule has 0 radical (unpaired) electrons. The Labute approximate surface area is 90.9 Å². The molecule has 0 saturated carbocycles. The maximum Gasteiger partial charge on any atom is 0.252 e. The standard InChI is InChI=1S/C11H18N4/c1-3-5-6-10(4-2)8-15-9-13-11(7-12)14-15/h9-10H,3-6,8H2,1-2H3. The topological polar surface area (TPSA) is 54.5 Å². The molecule has 0 aliphatic heterocycles. The van der Waals surface area contributed by atoms with Crippen LogP contribution >= 0.6 is 0 Å². The van der Waals surface area contributed by atoms with Crippen LogP contribution in [0.1, 0.15) is 45.4 Å². The lowest BCUT2D eigenvalue weighted by atomic mass is 10.00. The second-order valence-electron chi connectivity index (χ2n) is 3.82. The Bertz CT molecular complexity index is 324. The molecule has 0 N–H and O–H groups in total. The normalized spacial score (nSPS) is 12.3. The molecule has 0 amide bonds. The third kappa shape index (κ3) is 3.70. The van der Waals surface area contributed by atoms with E-state index in [4.69, 9.17) is 5.26 Å². The van der Waals surface area contributed by atoms with Gasteiger partial charge < -0.3 is 0 Å². The Hall–Kier alpha value is -1.37. The van der Waals surface area contributed by atoms with Crippen LogP contribution in [0.4, 0.5) is 0 Å². The van der Waals surface area contributed by atoms with Crippen LogP contribution in [0.5, 0.6) is 0 Å². The van der Waals surface area contributed by atoms with E-state index < -0.39 is 0 Å². The van der Waals surface area contributed by atoms with Gasteiger partial charge in [-0.3, -0.25) is 4.68 Å². The molecule has 15 heavy (non-hydrogen) atoms. The van der Waals surface area contributed by atoms with E-state index in [1.165, 1.54) is 19.3 Å². The van der Waals surface area contributed by atoms with Crippen molar-refractivity contribution in [2.75, 3.05) is 0 Å². The van der Waals surface area contributed by atoms with Crippen LogP contribution in [0.2, 0.25) is 0 Å². The number of rotatable bonds is 6. The van der Waals surface area contributed by atoms with Gasteiger partial charge in [0.1, 0.15) is 12.4 Å². The van der Waals surface area contributed by atoms with Crippen LogP contribution in [0, 0.1) is 17.2 Å². The monoisotopic (exact) mass is 206 g/mol. The van der Waals surface area contributed by atoms with Crippen LogP contribution < -0.4 is 0 Å². The van der Waals surface area contributed by atoms with Gasteiger partial charge in [0.2, 0.25) is 0 Å². The fourth-order valence-corrected chi connectivity index (χ4v) is 1.62. The maximum absolute atomic E-state index is 8.60. The van der Waals surface area contributed by atoms with Gasteiger partial charge in [0.05, 0.1) is 0 Å². The van der Waals surface area contributed by atoms with Crippen LogP contribution in [0.25, 0.3) is 0 Å². The highest BCUT2D eigenvalue weighted by Crippen LogP contribution is 2.14. The Kier molecular flexibility index (Phi) is 4.82. The number of aromatic nitrogens is 3. The van der Waals surface area contributed by atoms with Crippen molar-refractivity contribution in [1.29, 1.82) is 5.26 Å². The molecular formula is C11H18N4. The fourth-order valence-electron chi connectivity index (χ4n) is 1.62. The molecular weight excluding hydrogens is 188 g/mol. The second kappa shape index (κ2) is 6.18. The van der Waals surface area contributed by atoms with Crippen molar-refractivity contribution in [3.05, 3.63) is 12.2 Å². The van der Waals surface area contributed by atoms with Gasteiger partial charge in [-0.1, -0.05) is 33.1 Å². The minimum Gasteiger partial charge on any atom is -0.251 e. The Morgan fingerprint density at radius 2 is 2.33 bits per heavy atom. The molecule has 0 aromatic carbocycles. The lowest BCUT2D eigenvalue weighted by molar-refractivity contribution is 0.371.